The van der Waals surface area contributed by atoms with Crippen molar-refractivity contribution in [1.82, 2.24) is 0 Å². The molecule has 2 fully saturated rings. The molecule has 0 aromatic heterocycles. The number of fused-ring (bicyclic) bond motifs is 2. The third-order valence-electron chi connectivity index (χ3n) is 6.06. The van der Waals surface area contributed by atoms with Gasteiger partial charge in [-0.3, -0.25) is 4.79 Å². The minimum Gasteiger partial charge on any atom is -0.478 e. The molecule has 2 bridgehead atoms. The molecular formula is C17H20O3. The van der Waals surface area contributed by atoms with Crippen LogP contribution in [0, 0.1) is 16.7 Å². The van der Waals surface area contributed by atoms with Gasteiger partial charge in [-0.15, -0.1) is 0 Å². The van der Waals surface area contributed by atoms with Gasteiger partial charge in [0.25, 0.3) is 0 Å². The Balaban J connectivity index is 2.14. The van der Waals surface area contributed by atoms with Gasteiger partial charge in [-0.1, -0.05) is 39.0 Å². The van der Waals surface area contributed by atoms with Gasteiger partial charge in [-0.05, 0) is 35.8 Å². The summed E-state index contributed by atoms with van der Waals surface area (Å²) < 4.78 is 0. The summed E-state index contributed by atoms with van der Waals surface area (Å²) in [4.78, 5) is 24.3. The molecule has 3 nitrogen and oxygen atoms in total. The molecule has 3 heteroatoms. The van der Waals surface area contributed by atoms with Gasteiger partial charge in [0.2, 0.25) is 0 Å². The van der Waals surface area contributed by atoms with E-state index in [0.29, 0.717) is 5.56 Å². The maximum atomic E-state index is 12.9. The summed E-state index contributed by atoms with van der Waals surface area (Å²) in [7, 11) is 0. The molecule has 0 amide bonds. The van der Waals surface area contributed by atoms with Crippen LogP contribution in [0.1, 0.15) is 55.5 Å². The summed E-state index contributed by atoms with van der Waals surface area (Å²) in [5, 5.41) is 9.37. The minimum absolute atomic E-state index is 0.0552. The number of rotatable bonds is 2. The van der Waals surface area contributed by atoms with Crippen LogP contribution < -0.4 is 0 Å². The second-order valence-corrected chi connectivity index (χ2v) is 6.93. The molecule has 0 aliphatic heterocycles. The number of aromatic carboxylic acids is 1. The molecule has 0 saturated heterocycles. The zero-order chi connectivity index (χ0) is 14.7. The lowest BCUT2D eigenvalue weighted by atomic mass is 9.70. The van der Waals surface area contributed by atoms with Crippen molar-refractivity contribution in [2.75, 3.05) is 0 Å². The normalized spacial score (nSPS) is 34.5. The van der Waals surface area contributed by atoms with E-state index >= 15 is 0 Å². The lowest BCUT2D eigenvalue weighted by Crippen LogP contribution is -2.33. The number of hydrogen-bond acceptors (Lipinski definition) is 2. The first kappa shape index (κ1) is 13.3. The molecule has 0 spiro atoms. The van der Waals surface area contributed by atoms with Crippen LogP contribution in [-0.4, -0.2) is 16.9 Å². The number of carboxylic acid groups (broad SMARTS) is 1. The van der Waals surface area contributed by atoms with E-state index in [1.807, 2.05) is 12.1 Å². The predicted molar refractivity (Wildman–Crippen MR) is 75.8 cm³/mol. The fourth-order valence-corrected chi connectivity index (χ4v) is 4.41. The molecule has 2 aliphatic carbocycles. The van der Waals surface area contributed by atoms with Gasteiger partial charge in [0.15, 0.2) is 0 Å². The second-order valence-electron chi connectivity index (χ2n) is 6.93. The Morgan fingerprint density at radius 2 is 1.90 bits per heavy atom. The number of carboxylic acids is 1. The van der Waals surface area contributed by atoms with E-state index in [-0.39, 0.29) is 34.0 Å². The summed E-state index contributed by atoms with van der Waals surface area (Å²) in [6, 6.07) is 6.96. The Bertz CT molecular complexity index is 602. The molecule has 2 saturated carbocycles. The first-order valence-corrected chi connectivity index (χ1v) is 7.17. The van der Waals surface area contributed by atoms with E-state index in [1.165, 1.54) is 0 Å². The monoisotopic (exact) mass is 272 g/mol. The van der Waals surface area contributed by atoms with Crippen LogP contribution in [0.25, 0.3) is 0 Å². The van der Waals surface area contributed by atoms with Crippen LogP contribution in [0.3, 0.4) is 0 Å². The molecule has 2 aliphatic rings. The molecular weight excluding hydrogens is 252 g/mol. The fourth-order valence-electron chi connectivity index (χ4n) is 4.41. The van der Waals surface area contributed by atoms with Gasteiger partial charge in [0.05, 0.1) is 5.56 Å². The van der Waals surface area contributed by atoms with Crippen molar-refractivity contribution < 1.29 is 14.7 Å². The Morgan fingerprint density at radius 3 is 2.45 bits per heavy atom. The van der Waals surface area contributed by atoms with E-state index in [0.717, 1.165) is 12.8 Å². The topological polar surface area (TPSA) is 54.4 Å². The van der Waals surface area contributed by atoms with E-state index in [4.69, 9.17) is 0 Å². The Labute approximate surface area is 119 Å². The lowest BCUT2D eigenvalue weighted by molar-refractivity contribution is -0.129. The highest BCUT2D eigenvalue weighted by Gasteiger charge is 2.66. The van der Waals surface area contributed by atoms with Crippen LogP contribution in [0.2, 0.25) is 0 Å². The molecule has 0 unspecified atom stereocenters. The van der Waals surface area contributed by atoms with Gasteiger partial charge in [-0.25, -0.2) is 4.79 Å². The van der Waals surface area contributed by atoms with Crippen LogP contribution >= 0.6 is 0 Å². The van der Waals surface area contributed by atoms with E-state index in [2.05, 4.69) is 20.8 Å². The summed E-state index contributed by atoms with van der Waals surface area (Å²) in [5.41, 5.74) is 0.609. The van der Waals surface area contributed by atoms with Crippen molar-refractivity contribution in [3.63, 3.8) is 0 Å². The number of carbonyl (C=O) groups is 2. The maximum Gasteiger partial charge on any atom is 0.335 e. The van der Waals surface area contributed by atoms with Crippen LogP contribution in [0.4, 0.5) is 0 Å². The molecule has 20 heavy (non-hydrogen) atoms. The summed E-state index contributed by atoms with van der Waals surface area (Å²) in [6.45, 7) is 6.37. The molecule has 3 atom stereocenters. The maximum absolute atomic E-state index is 12.9. The van der Waals surface area contributed by atoms with Gasteiger partial charge in [0.1, 0.15) is 5.78 Å². The van der Waals surface area contributed by atoms with Gasteiger partial charge in [0, 0.05) is 11.3 Å². The van der Waals surface area contributed by atoms with E-state index < -0.39 is 5.97 Å². The van der Waals surface area contributed by atoms with Crippen LogP contribution in [0.5, 0.6) is 0 Å². The summed E-state index contributed by atoms with van der Waals surface area (Å²) in [5.74, 6) is -0.719. The highest BCUT2D eigenvalue weighted by atomic mass is 16.4. The van der Waals surface area contributed by atoms with E-state index in [9.17, 15) is 14.7 Å². The summed E-state index contributed by atoms with van der Waals surface area (Å²) in [6.07, 6.45) is 1.93. The smallest absolute Gasteiger partial charge is 0.335 e. The van der Waals surface area contributed by atoms with E-state index in [1.54, 1.807) is 12.1 Å². The second kappa shape index (κ2) is 3.94. The fraction of sp³-hybridized carbons (Fsp3) is 0.529. The van der Waals surface area contributed by atoms with Crippen molar-refractivity contribution in [2.45, 2.75) is 39.5 Å². The number of benzene rings is 1. The highest BCUT2D eigenvalue weighted by molar-refractivity contribution is 5.99. The number of ketones is 1. The molecule has 1 aromatic rings. The van der Waals surface area contributed by atoms with Gasteiger partial charge in [-0.2, -0.15) is 0 Å². The Morgan fingerprint density at radius 1 is 1.25 bits per heavy atom. The third kappa shape index (κ3) is 1.41. The first-order valence-electron chi connectivity index (χ1n) is 7.17. The quantitative estimate of drug-likeness (QED) is 0.896. The standard InChI is InChI=1S/C17H20O3/c1-16(2)12-8-9-17(16,3)14(18)13(12)10-6-4-5-7-11(10)15(19)20/h4-7,12-13H,8-9H2,1-3H3,(H,19,20)/t12-,13+,17+/m1/s1. The minimum atomic E-state index is -0.945. The molecule has 0 heterocycles. The predicted octanol–water partition coefficient (Wildman–Crippen LogP) is 3.49. The first-order chi connectivity index (χ1) is 9.30. The van der Waals surface area contributed by atoms with Crippen LogP contribution in [-0.2, 0) is 4.79 Å². The Kier molecular flexibility index (Phi) is 2.63. The number of carbonyl (C=O) groups excluding carboxylic acids is 1. The Hall–Kier alpha value is -1.64. The zero-order valence-electron chi connectivity index (χ0n) is 12.1. The van der Waals surface area contributed by atoms with Gasteiger partial charge >= 0.3 is 5.97 Å². The zero-order valence-corrected chi connectivity index (χ0v) is 12.1. The molecule has 1 aromatic carbocycles. The molecule has 1 N–H and O–H groups in total. The number of Topliss-reactive ketones (excluding diaryl/α,β-unsaturated/α-hetero) is 1. The average Bonchev–Trinajstić information content (AvgIpc) is 2.71. The lowest BCUT2D eigenvalue weighted by Gasteiger charge is -2.32. The molecule has 3 rings (SSSR count). The largest absolute Gasteiger partial charge is 0.478 e. The molecule has 0 radical (unpaired) electrons. The van der Waals surface area contributed by atoms with Gasteiger partial charge < -0.3 is 5.11 Å². The third-order valence-corrected chi connectivity index (χ3v) is 6.06. The number of hydrogen-bond donors (Lipinski definition) is 1. The van der Waals surface area contributed by atoms with Crippen molar-refractivity contribution in [1.29, 1.82) is 0 Å². The molecule has 106 valence electrons. The van der Waals surface area contributed by atoms with Crippen molar-refractivity contribution in [2.24, 2.45) is 16.7 Å². The highest BCUT2D eigenvalue weighted by Crippen LogP contribution is 2.68. The van der Waals surface area contributed by atoms with Crippen molar-refractivity contribution in [3.8, 4) is 0 Å². The summed E-state index contributed by atoms with van der Waals surface area (Å²) >= 11 is 0. The van der Waals surface area contributed by atoms with Crippen LogP contribution in [0.15, 0.2) is 24.3 Å². The SMILES string of the molecule is CC1(C)[C@@H]2CC[C@@]1(C)C(=O)[C@H]2c1ccccc1C(=O)O. The average molecular weight is 272 g/mol. The van der Waals surface area contributed by atoms with Crippen molar-refractivity contribution >= 4 is 11.8 Å². The van der Waals surface area contributed by atoms with Crippen molar-refractivity contribution in [3.05, 3.63) is 35.4 Å².